The summed E-state index contributed by atoms with van der Waals surface area (Å²) in [6.45, 7) is 1.63. The number of halogens is 1. The van der Waals surface area contributed by atoms with Crippen LogP contribution in [-0.2, 0) is 4.79 Å². The van der Waals surface area contributed by atoms with Gasteiger partial charge in [0.05, 0.1) is 31.5 Å². The summed E-state index contributed by atoms with van der Waals surface area (Å²) in [5, 5.41) is 8.10. The van der Waals surface area contributed by atoms with Crippen LogP contribution in [0.25, 0.3) is 0 Å². The van der Waals surface area contributed by atoms with Crippen LogP contribution < -0.4 is 25.4 Å². The SMILES string of the molecule is COc1ccc(NC(=O)C2=C(C)NC(=O)N[C@@H]2c2ccc(F)cc2)c(OC)c1. The molecule has 0 aliphatic carbocycles. The number of rotatable bonds is 5. The third kappa shape index (κ3) is 3.90. The van der Waals surface area contributed by atoms with Crippen LogP contribution in [-0.4, -0.2) is 26.2 Å². The number of hydrogen-bond acceptors (Lipinski definition) is 4. The first-order chi connectivity index (χ1) is 13.4. The minimum absolute atomic E-state index is 0.309. The lowest BCUT2D eigenvalue weighted by Gasteiger charge is -2.28. The highest BCUT2D eigenvalue weighted by atomic mass is 19.1. The van der Waals surface area contributed by atoms with E-state index in [0.717, 1.165) is 0 Å². The van der Waals surface area contributed by atoms with Gasteiger partial charge in [0, 0.05) is 11.8 Å². The quantitative estimate of drug-likeness (QED) is 0.738. The number of allylic oxidation sites excluding steroid dienone is 1. The van der Waals surface area contributed by atoms with Crippen molar-refractivity contribution in [1.29, 1.82) is 0 Å². The van der Waals surface area contributed by atoms with Crippen molar-refractivity contribution in [1.82, 2.24) is 10.6 Å². The molecule has 2 aromatic carbocycles. The smallest absolute Gasteiger partial charge is 0.319 e. The zero-order valence-electron chi connectivity index (χ0n) is 15.6. The molecule has 8 heteroatoms. The first kappa shape index (κ1) is 19.2. The molecule has 0 unspecified atom stereocenters. The number of anilines is 1. The minimum Gasteiger partial charge on any atom is -0.497 e. The molecule has 146 valence electrons. The fourth-order valence-corrected chi connectivity index (χ4v) is 2.99. The van der Waals surface area contributed by atoms with Gasteiger partial charge in [-0.15, -0.1) is 0 Å². The highest BCUT2D eigenvalue weighted by Crippen LogP contribution is 2.32. The molecule has 3 amide bonds. The highest BCUT2D eigenvalue weighted by molar-refractivity contribution is 6.07. The molecule has 7 nitrogen and oxygen atoms in total. The maximum atomic E-state index is 13.3. The third-order valence-corrected chi connectivity index (χ3v) is 4.37. The van der Waals surface area contributed by atoms with Crippen molar-refractivity contribution in [3.8, 4) is 11.5 Å². The Balaban J connectivity index is 1.94. The van der Waals surface area contributed by atoms with E-state index in [4.69, 9.17) is 9.47 Å². The molecular formula is C20H20FN3O4. The number of benzene rings is 2. The number of ether oxygens (including phenoxy) is 2. The van der Waals surface area contributed by atoms with Gasteiger partial charge in [-0.2, -0.15) is 0 Å². The summed E-state index contributed by atoms with van der Waals surface area (Å²) < 4.78 is 23.7. The van der Waals surface area contributed by atoms with Crippen LogP contribution >= 0.6 is 0 Å². The normalized spacial score (nSPS) is 16.1. The Morgan fingerprint density at radius 1 is 1.11 bits per heavy atom. The van der Waals surface area contributed by atoms with Gasteiger partial charge >= 0.3 is 6.03 Å². The largest absolute Gasteiger partial charge is 0.497 e. The molecule has 0 fully saturated rings. The number of nitrogens with one attached hydrogen (secondary N) is 3. The van der Waals surface area contributed by atoms with Gasteiger partial charge < -0.3 is 25.4 Å². The molecule has 0 bridgehead atoms. The van der Waals surface area contributed by atoms with Crippen LogP contribution in [0.5, 0.6) is 11.5 Å². The molecule has 3 rings (SSSR count). The monoisotopic (exact) mass is 385 g/mol. The fraction of sp³-hybridized carbons (Fsp3) is 0.200. The van der Waals surface area contributed by atoms with Crippen molar-refractivity contribution in [3.05, 3.63) is 65.1 Å². The number of amides is 3. The Hall–Kier alpha value is -3.55. The van der Waals surface area contributed by atoms with Crippen molar-refractivity contribution in [2.75, 3.05) is 19.5 Å². The van der Waals surface area contributed by atoms with Crippen molar-refractivity contribution in [3.63, 3.8) is 0 Å². The molecule has 2 aromatic rings. The second-order valence-electron chi connectivity index (χ2n) is 6.14. The van der Waals surface area contributed by atoms with Crippen molar-refractivity contribution in [2.45, 2.75) is 13.0 Å². The lowest BCUT2D eigenvalue weighted by Crippen LogP contribution is -2.46. The van der Waals surface area contributed by atoms with Crippen molar-refractivity contribution in [2.24, 2.45) is 0 Å². The van der Waals surface area contributed by atoms with Crippen LogP contribution in [0.2, 0.25) is 0 Å². The van der Waals surface area contributed by atoms with E-state index in [2.05, 4.69) is 16.0 Å². The first-order valence-electron chi connectivity index (χ1n) is 8.50. The molecule has 0 radical (unpaired) electrons. The number of methoxy groups -OCH3 is 2. The lowest BCUT2D eigenvalue weighted by atomic mass is 9.95. The van der Waals surface area contributed by atoms with E-state index in [1.165, 1.54) is 38.5 Å². The summed E-state index contributed by atoms with van der Waals surface area (Å²) in [5.41, 5.74) is 1.75. The number of urea groups is 1. The average molecular weight is 385 g/mol. The van der Waals surface area contributed by atoms with E-state index in [0.29, 0.717) is 34.0 Å². The summed E-state index contributed by atoms with van der Waals surface area (Å²) >= 11 is 0. The van der Waals surface area contributed by atoms with Crippen molar-refractivity contribution >= 4 is 17.6 Å². The highest BCUT2D eigenvalue weighted by Gasteiger charge is 2.31. The van der Waals surface area contributed by atoms with E-state index < -0.39 is 23.8 Å². The van der Waals surface area contributed by atoms with Gasteiger partial charge in [0.1, 0.15) is 17.3 Å². The zero-order chi connectivity index (χ0) is 20.3. The van der Waals surface area contributed by atoms with Crippen LogP contribution in [0.1, 0.15) is 18.5 Å². The van der Waals surface area contributed by atoms with E-state index in [-0.39, 0.29) is 0 Å². The predicted molar refractivity (Wildman–Crippen MR) is 102 cm³/mol. The maximum absolute atomic E-state index is 13.3. The predicted octanol–water partition coefficient (Wildman–Crippen LogP) is 3.11. The molecule has 0 spiro atoms. The maximum Gasteiger partial charge on any atom is 0.319 e. The van der Waals surface area contributed by atoms with Gasteiger partial charge in [0.25, 0.3) is 5.91 Å². The Bertz CT molecular complexity index is 941. The number of hydrogen-bond donors (Lipinski definition) is 3. The van der Waals surface area contributed by atoms with E-state index >= 15 is 0 Å². The topological polar surface area (TPSA) is 88.7 Å². The fourth-order valence-electron chi connectivity index (χ4n) is 2.99. The Morgan fingerprint density at radius 2 is 1.82 bits per heavy atom. The minimum atomic E-state index is -0.724. The molecule has 1 heterocycles. The standard InChI is InChI=1S/C20H20FN3O4/c1-11-17(18(24-20(26)22-11)12-4-6-13(21)7-5-12)19(25)23-15-9-8-14(27-2)10-16(15)28-3/h4-10,18H,1-3H3,(H,23,25)(H2,22,24,26)/t18-/m1/s1. The summed E-state index contributed by atoms with van der Waals surface area (Å²) in [6, 6.07) is 9.45. The molecule has 0 aromatic heterocycles. The second kappa shape index (κ2) is 7.99. The molecule has 1 aliphatic heterocycles. The van der Waals surface area contributed by atoms with Crippen LogP contribution in [0.4, 0.5) is 14.9 Å². The summed E-state index contributed by atoms with van der Waals surface area (Å²) in [5.74, 6) is 0.180. The second-order valence-corrected chi connectivity index (χ2v) is 6.14. The summed E-state index contributed by atoms with van der Waals surface area (Å²) in [6.07, 6.45) is 0. The van der Waals surface area contributed by atoms with Gasteiger partial charge in [-0.1, -0.05) is 12.1 Å². The van der Waals surface area contributed by atoms with E-state index in [1.54, 1.807) is 25.1 Å². The Morgan fingerprint density at radius 3 is 2.46 bits per heavy atom. The van der Waals surface area contributed by atoms with E-state index in [1.807, 2.05) is 0 Å². The molecule has 28 heavy (non-hydrogen) atoms. The van der Waals surface area contributed by atoms with E-state index in [9.17, 15) is 14.0 Å². The van der Waals surface area contributed by atoms with Gasteiger partial charge in [-0.05, 0) is 36.8 Å². The Kier molecular flexibility index (Phi) is 5.49. The zero-order valence-corrected chi connectivity index (χ0v) is 15.6. The third-order valence-electron chi connectivity index (χ3n) is 4.37. The van der Waals surface area contributed by atoms with Gasteiger partial charge in [0.15, 0.2) is 0 Å². The van der Waals surface area contributed by atoms with Crippen LogP contribution in [0.3, 0.4) is 0 Å². The molecular weight excluding hydrogens is 365 g/mol. The summed E-state index contributed by atoms with van der Waals surface area (Å²) in [7, 11) is 3.02. The van der Waals surface area contributed by atoms with Crippen LogP contribution in [0, 0.1) is 5.82 Å². The lowest BCUT2D eigenvalue weighted by molar-refractivity contribution is -0.113. The van der Waals surface area contributed by atoms with Gasteiger partial charge in [-0.3, -0.25) is 4.79 Å². The van der Waals surface area contributed by atoms with Gasteiger partial charge in [-0.25, -0.2) is 9.18 Å². The molecule has 1 aliphatic rings. The Labute approximate surface area is 161 Å². The first-order valence-corrected chi connectivity index (χ1v) is 8.50. The molecule has 0 saturated heterocycles. The van der Waals surface area contributed by atoms with Gasteiger partial charge in [0.2, 0.25) is 0 Å². The van der Waals surface area contributed by atoms with Crippen molar-refractivity contribution < 1.29 is 23.5 Å². The molecule has 0 saturated carbocycles. The molecule has 3 N–H and O–H groups in total. The van der Waals surface area contributed by atoms with Crippen LogP contribution in [0.15, 0.2) is 53.7 Å². The average Bonchev–Trinajstić information content (AvgIpc) is 2.68. The number of carbonyl (C=O) groups excluding carboxylic acids is 2. The summed E-state index contributed by atoms with van der Waals surface area (Å²) in [4.78, 5) is 25.0. The molecule has 1 atom stereocenters. The number of carbonyl (C=O) groups is 2.